The highest BCUT2D eigenvalue weighted by Crippen LogP contribution is 2.17. The fourth-order valence-corrected chi connectivity index (χ4v) is 3.06. The van der Waals surface area contributed by atoms with Crippen LogP contribution in [-0.4, -0.2) is 51.4 Å². The molecule has 29 heavy (non-hydrogen) atoms. The van der Waals surface area contributed by atoms with E-state index in [1.54, 1.807) is 11.6 Å². The number of ether oxygens (including phenoxy) is 1. The van der Waals surface area contributed by atoms with Crippen LogP contribution in [0.25, 0.3) is 11.2 Å². The van der Waals surface area contributed by atoms with Gasteiger partial charge < -0.3 is 15.4 Å². The molecule has 0 radical (unpaired) electrons. The van der Waals surface area contributed by atoms with E-state index in [1.165, 1.54) is 18.7 Å². The number of aromatic nitrogens is 4. The van der Waals surface area contributed by atoms with Gasteiger partial charge in [0.1, 0.15) is 6.61 Å². The molecule has 0 unspecified atom stereocenters. The second-order valence-electron chi connectivity index (χ2n) is 6.59. The molecule has 0 spiro atoms. The summed E-state index contributed by atoms with van der Waals surface area (Å²) in [4.78, 5) is 41.1. The molecule has 10 nitrogen and oxygen atoms in total. The SMILES string of the molecule is COCC(=O)NCCNc1nc2c(c(=O)n(C)c(=O)n2C)n1Cc1ccccc1. The fraction of sp³-hybridized carbons (Fsp3) is 0.368. The fourth-order valence-electron chi connectivity index (χ4n) is 3.06. The maximum Gasteiger partial charge on any atom is 0.332 e. The third-order valence-electron chi connectivity index (χ3n) is 4.54. The van der Waals surface area contributed by atoms with Gasteiger partial charge in [-0.05, 0) is 5.56 Å². The summed E-state index contributed by atoms with van der Waals surface area (Å²) < 4.78 is 8.95. The van der Waals surface area contributed by atoms with Crippen molar-refractivity contribution in [3.63, 3.8) is 0 Å². The second kappa shape index (κ2) is 8.74. The zero-order chi connectivity index (χ0) is 21.0. The maximum absolute atomic E-state index is 12.8. The molecule has 2 aromatic heterocycles. The highest BCUT2D eigenvalue weighted by atomic mass is 16.5. The monoisotopic (exact) mass is 400 g/mol. The van der Waals surface area contributed by atoms with Crippen molar-refractivity contribution in [1.82, 2.24) is 24.0 Å². The smallest absolute Gasteiger partial charge is 0.332 e. The van der Waals surface area contributed by atoms with Crippen molar-refractivity contribution < 1.29 is 9.53 Å². The van der Waals surface area contributed by atoms with E-state index in [2.05, 4.69) is 15.6 Å². The summed E-state index contributed by atoms with van der Waals surface area (Å²) in [5.41, 5.74) is 0.779. The number of benzene rings is 1. The number of amides is 1. The number of hydrogen-bond donors (Lipinski definition) is 2. The third kappa shape index (κ3) is 4.21. The summed E-state index contributed by atoms with van der Waals surface area (Å²) in [5.74, 6) is 0.228. The van der Waals surface area contributed by atoms with Crippen LogP contribution in [0.1, 0.15) is 5.56 Å². The molecule has 0 saturated carbocycles. The Balaban J connectivity index is 1.97. The van der Waals surface area contributed by atoms with E-state index in [1.807, 2.05) is 30.3 Å². The molecular weight excluding hydrogens is 376 g/mol. The lowest BCUT2D eigenvalue weighted by Crippen LogP contribution is -2.37. The Labute approximate surface area is 166 Å². The molecule has 0 aliphatic carbocycles. The topological polar surface area (TPSA) is 112 Å². The van der Waals surface area contributed by atoms with Gasteiger partial charge in [-0.2, -0.15) is 4.98 Å². The van der Waals surface area contributed by atoms with Gasteiger partial charge in [0, 0.05) is 34.3 Å². The van der Waals surface area contributed by atoms with Gasteiger partial charge in [-0.15, -0.1) is 0 Å². The minimum atomic E-state index is -0.440. The zero-order valence-corrected chi connectivity index (χ0v) is 16.6. The molecule has 154 valence electrons. The number of carbonyl (C=O) groups is 1. The number of methoxy groups -OCH3 is 1. The highest BCUT2D eigenvalue weighted by molar-refractivity contribution is 5.77. The molecule has 10 heteroatoms. The van der Waals surface area contributed by atoms with Crippen LogP contribution in [-0.2, 0) is 30.2 Å². The Kier molecular flexibility index (Phi) is 6.13. The first-order valence-electron chi connectivity index (χ1n) is 9.13. The van der Waals surface area contributed by atoms with Gasteiger partial charge in [-0.3, -0.25) is 23.3 Å². The molecule has 0 aliphatic heterocycles. The number of hydrogen-bond acceptors (Lipinski definition) is 6. The van der Waals surface area contributed by atoms with Crippen molar-refractivity contribution in [2.75, 3.05) is 32.1 Å². The maximum atomic E-state index is 12.8. The molecule has 3 rings (SSSR count). The Morgan fingerprint density at radius 3 is 2.52 bits per heavy atom. The molecule has 0 saturated heterocycles. The summed E-state index contributed by atoms with van der Waals surface area (Å²) in [6.45, 7) is 1.14. The first-order valence-corrected chi connectivity index (χ1v) is 9.13. The minimum absolute atomic E-state index is 0.00925. The molecule has 2 N–H and O–H groups in total. The predicted octanol–water partition coefficient (Wildman–Crippen LogP) is -0.343. The van der Waals surface area contributed by atoms with Crippen LogP contribution in [0.4, 0.5) is 5.95 Å². The summed E-state index contributed by atoms with van der Waals surface area (Å²) in [5, 5.41) is 5.86. The van der Waals surface area contributed by atoms with Crippen molar-refractivity contribution in [2.45, 2.75) is 6.54 Å². The number of imidazole rings is 1. The summed E-state index contributed by atoms with van der Waals surface area (Å²) in [6, 6.07) is 9.65. The Morgan fingerprint density at radius 1 is 1.10 bits per heavy atom. The van der Waals surface area contributed by atoms with Crippen molar-refractivity contribution in [3.8, 4) is 0 Å². The molecule has 0 fully saturated rings. The number of nitrogens with one attached hydrogen (secondary N) is 2. The quantitative estimate of drug-likeness (QED) is 0.500. The van der Waals surface area contributed by atoms with Crippen molar-refractivity contribution in [1.29, 1.82) is 0 Å². The van der Waals surface area contributed by atoms with Gasteiger partial charge in [0.05, 0.1) is 6.54 Å². The van der Waals surface area contributed by atoms with Crippen LogP contribution >= 0.6 is 0 Å². The normalized spacial score (nSPS) is 11.0. The number of rotatable bonds is 8. The van der Waals surface area contributed by atoms with Crippen LogP contribution in [0, 0.1) is 0 Å². The predicted molar refractivity (Wildman–Crippen MR) is 109 cm³/mol. The van der Waals surface area contributed by atoms with E-state index in [9.17, 15) is 14.4 Å². The standard InChI is InChI=1S/C19H24N6O4/c1-23-16-15(17(27)24(2)19(23)28)25(11-13-7-5-4-6-8-13)18(22-16)21-10-9-20-14(26)12-29-3/h4-8H,9-12H2,1-3H3,(H,20,26)(H,21,22). The van der Waals surface area contributed by atoms with Crippen molar-refractivity contribution in [2.24, 2.45) is 14.1 Å². The largest absolute Gasteiger partial charge is 0.375 e. The van der Waals surface area contributed by atoms with E-state index in [0.717, 1.165) is 10.1 Å². The van der Waals surface area contributed by atoms with Crippen LogP contribution in [0.5, 0.6) is 0 Å². The lowest BCUT2D eigenvalue weighted by atomic mass is 10.2. The average Bonchev–Trinajstić information content (AvgIpc) is 3.07. The average molecular weight is 400 g/mol. The van der Waals surface area contributed by atoms with Gasteiger partial charge in [0.25, 0.3) is 5.56 Å². The molecule has 1 amide bonds. The number of fused-ring (bicyclic) bond motifs is 1. The van der Waals surface area contributed by atoms with E-state index >= 15 is 0 Å². The van der Waals surface area contributed by atoms with Crippen molar-refractivity contribution >= 4 is 23.0 Å². The number of aryl methyl sites for hydroxylation is 1. The van der Waals surface area contributed by atoms with Gasteiger partial charge >= 0.3 is 5.69 Å². The van der Waals surface area contributed by atoms with Crippen LogP contribution in [0.2, 0.25) is 0 Å². The molecule has 0 aliphatic rings. The second-order valence-corrected chi connectivity index (χ2v) is 6.59. The third-order valence-corrected chi connectivity index (χ3v) is 4.54. The Bertz CT molecular complexity index is 1130. The highest BCUT2D eigenvalue weighted by Gasteiger charge is 2.19. The number of nitrogens with zero attached hydrogens (tertiary/aromatic N) is 4. The van der Waals surface area contributed by atoms with E-state index in [0.29, 0.717) is 36.7 Å². The minimum Gasteiger partial charge on any atom is -0.375 e. The van der Waals surface area contributed by atoms with Crippen LogP contribution in [0.15, 0.2) is 39.9 Å². The van der Waals surface area contributed by atoms with E-state index in [-0.39, 0.29) is 12.5 Å². The molecule has 2 heterocycles. The molecule has 0 atom stereocenters. The molecular formula is C19H24N6O4. The van der Waals surface area contributed by atoms with Crippen molar-refractivity contribution in [3.05, 3.63) is 56.7 Å². The Morgan fingerprint density at radius 2 is 1.83 bits per heavy atom. The van der Waals surface area contributed by atoms with E-state index in [4.69, 9.17) is 4.74 Å². The summed E-state index contributed by atoms with van der Waals surface area (Å²) in [6.07, 6.45) is 0. The van der Waals surface area contributed by atoms with Gasteiger partial charge in [0.2, 0.25) is 11.9 Å². The van der Waals surface area contributed by atoms with Gasteiger partial charge in [-0.1, -0.05) is 30.3 Å². The molecule has 1 aromatic carbocycles. The van der Waals surface area contributed by atoms with Crippen LogP contribution in [0.3, 0.4) is 0 Å². The van der Waals surface area contributed by atoms with E-state index < -0.39 is 11.2 Å². The van der Waals surface area contributed by atoms with Gasteiger partial charge in [-0.25, -0.2) is 4.79 Å². The lowest BCUT2D eigenvalue weighted by molar-refractivity contribution is -0.124. The number of anilines is 1. The first kappa shape index (κ1) is 20.3. The van der Waals surface area contributed by atoms with Crippen LogP contribution < -0.4 is 21.9 Å². The Hall–Kier alpha value is -3.40. The summed E-state index contributed by atoms with van der Waals surface area (Å²) >= 11 is 0. The lowest BCUT2D eigenvalue weighted by Gasteiger charge is -2.11. The summed E-state index contributed by atoms with van der Waals surface area (Å²) in [7, 11) is 4.48. The molecule has 0 bridgehead atoms. The zero-order valence-electron chi connectivity index (χ0n) is 16.6. The first-order chi connectivity index (χ1) is 13.9. The van der Waals surface area contributed by atoms with Gasteiger partial charge in [0.15, 0.2) is 11.2 Å². The number of carbonyl (C=O) groups excluding carboxylic acids is 1. The molecule has 3 aromatic rings.